The average Bonchev–Trinajstić information content (AvgIpc) is 3.18. The van der Waals surface area contributed by atoms with Crippen LogP contribution in [-0.4, -0.2) is 85.9 Å². The summed E-state index contributed by atoms with van der Waals surface area (Å²) < 4.78 is 10.9. The van der Waals surface area contributed by atoms with Crippen LogP contribution in [0.3, 0.4) is 0 Å². The quantitative estimate of drug-likeness (QED) is 0.130. The van der Waals surface area contributed by atoms with Gasteiger partial charge in [0.15, 0.2) is 0 Å². The van der Waals surface area contributed by atoms with E-state index in [9.17, 15) is 28.8 Å². The van der Waals surface area contributed by atoms with Gasteiger partial charge < -0.3 is 31.2 Å². The number of hydrogen-bond donors (Lipinski definition) is 5. The minimum absolute atomic E-state index is 0.0525. The maximum Gasteiger partial charge on any atom is 0.264 e. The number of allylic oxidation sites excluding steroid dienone is 1. The lowest BCUT2D eigenvalue weighted by Crippen LogP contribution is -2.54. The first-order valence-electron chi connectivity index (χ1n) is 13.5. The summed E-state index contributed by atoms with van der Waals surface area (Å²) in [7, 11) is 0. The maximum atomic E-state index is 13.1. The molecule has 0 radical (unpaired) electrons. The summed E-state index contributed by atoms with van der Waals surface area (Å²) in [4.78, 5) is 74.1. The summed E-state index contributed by atoms with van der Waals surface area (Å²) in [6, 6.07) is 3.81. The Balaban J connectivity index is 1.29. The molecule has 41 heavy (non-hydrogen) atoms. The van der Waals surface area contributed by atoms with Crippen molar-refractivity contribution in [2.24, 2.45) is 5.73 Å². The van der Waals surface area contributed by atoms with Crippen LogP contribution < -0.4 is 27.0 Å². The van der Waals surface area contributed by atoms with Crippen LogP contribution in [0, 0.1) is 0 Å². The first kappa shape index (κ1) is 31.2. The number of benzene rings is 1. The third kappa shape index (κ3) is 8.85. The highest BCUT2D eigenvalue weighted by Gasteiger charge is 2.45. The lowest BCUT2D eigenvalue weighted by molar-refractivity contribution is -0.136. The van der Waals surface area contributed by atoms with E-state index >= 15 is 0 Å². The SMILES string of the molecule is CC/C=C(\N)NC(=O)CCNC(=O)CCOCCOCCNc1cccc2c1C(=O)N(C1CCC(=O)NC1=O)C2=O. The van der Waals surface area contributed by atoms with Crippen LogP contribution >= 0.6 is 0 Å². The van der Waals surface area contributed by atoms with Crippen molar-refractivity contribution < 1.29 is 38.2 Å². The van der Waals surface area contributed by atoms with Gasteiger partial charge in [-0.1, -0.05) is 13.0 Å². The number of anilines is 1. The number of piperidine rings is 1. The van der Waals surface area contributed by atoms with E-state index in [1.54, 1.807) is 18.2 Å². The van der Waals surface area contributed by atoms with E-state index < -0.39 is 29.7 Å². The number of rotatable bonds is 16. The van der Waals surface area contributed by atoms with Crippen molar-refractivity contribution in [3.8, 4) is 0 Å². The molecule has 1 fully saturated rings. The molecule has 2 aliphatic heterocycles. The predicted molar refractivity (Wildman–Crippen MR) is 146 cm³/mol. The zero-order valence-electron chi connectivity index (χ0n) is 23.0. The molecule has 2 heterocycles. The van der Waals surface area contributed by atoms with Crippen LogP contribution in [0.5, 0.6) is 0 Å². The van der Waals surface area contributed by atoms with Crippen molar-refractivity contribution in [3.63, 3.8) is 0 Å². The highest BCUT2D eigenvalue weighted by atomic mass is 16.5. The molecule has 14 nitrogen and oxygen atoms in total. The predicted octanol–water partition coefficient (Wildman–Crippen LogP) is -0.244. The van der Waals surface area contributed by atoms with Gasteiger partial charge in [0, 0.05) is 38.0 Å². The van der Waals surface area contributed by atoms with Gasteiger partial charge in [-0.3, -0.25) is 39.0 Å². The number of imide groups is 2. The summed E-state index contributed by atoms with van der Waals surface area (Å²) in [5.41, 5.74) is 6.43. The van der Waals surface area contributed by atoms with Gasteiger partial charge in [0.2, 0.25) is 23.6 Å². The van der Waals surface area contributed by atoms with E-state index in [2.05, 4.69) is 21.3 Å². The minimum Gasteiger partial charge on any atom is -0.385 e. The Bertz CT molecular complexity index is 1200. The fourth-order valence-electron chi connectivity index (χ4n) is 4.31. The third-order valence-corrected chi connectivity index (χ3v) is 6.26. The summed E-state index contributed by atoms with van der Waals surface area (Å²) in [5, 5.41) is 10.4. The van der Waals surface area contributed by atoms with Crippen LogP contribution in [0.25, 0.3) is 0 Å². The summed E-state index contributed by atoms with van der Waals surface area (Å²) in [6.45, 7) is 3.47. The van der Waals surface area contributed by atoms with E-state index in [1.165, 1.54) is 6.07 Å². The molecule has 0 saturated carbocycles. The van der Waals surface area contributed by atoms with Crippen LogP contribution in [0.1, 0.15) is 59.7 Å². The Labute approximate surface area is 237 Å². The molecule has 6 amide bonds. The molecule has 0 bridgehead atoms. The molecule has 0 spiro atoms. The topological polar surface area (TPSA) is 198 Å². The summed E-state index contributed by atoms with van der Waals surface area (Å²) >= 11 is 0. The Morgan fingerprint density at radius 2 is 1.78 bits per heavy atom. The van der Waals surface area contributed by atoms with Gasteiger partial charge in [-0.15, -0.1) is 0 Å². The lowest BCUT2D eigenvalue weighted by Gasteiger charge is -2.27. The average molecular weight is 573 g/mol. The van der Waals surface area contributed by atoms with Gasteiger partial charge in [-0.25, -0.2) is 0 Å². The highest BCUT2D eigenvalue weighted by molar-refractivity contribution is 6.25. The van der Waals surface area contributed by atoms with Gasteiger partial charge in [0.05, 0.1) is 43.4 Å². The van der Waals surface area contributed by atoms with E-state index in [0.29, 0.717) is 24.5 Å². The number of fused-ring (bicyclic) bond motifs is 1. The lowest BCUT2D eigenvalue weighted by atomic mass is 10.0. The van der Waals surface area contributed by atoms with Gasteiger partial charge >= 0.3 is 0 Å². The number of hydrogen-bond acceptors (Lipinski definition) is 10. The van der Waals surface area contributed by atoms with Gasteiger partial charge in [-0.05, 0) is 31.1 Å². The van der Waals surface area contributed by atoms with Crippen molar-refractivity contribution in [3.05, 3.63) is 41.2 Å². The van der Waals surface area contributed by atoms with Crippen molar-refractivity contribution >= 4 is 41.1 Å². The molecule has 1 saturated heterocycles. The van der Waals surface area contributed by atoms with Gasteiger partial charge in [0.1, 0.15) is 6.04 Å². The number of carbonyl (C=O) groups excluding carboxylic acids is 6. The molecule has 0 aromatic heterocycles. The molecule has 222 valence electrons. The smallest absolute Gasteiger partial charge is 0.264 e. The van der Waals surface area contributed by atoms with Gasteiger partial charge in [0.25, 0.3) is 11.8 Å². The van der Waals surface area contributed by atoms with Crippen molar-refractivity contribution in [1.29, 1.82) is 0 Å². The molecule has 0 aliphatic carbocycles. The third-order valence-electron chi connectivity index (χ3n) is 6.26. The fourth-order valence-corrected chi connectivity index (χ4v) is 4.31. The van der Waals surface area contributed by atoms with E-state index in [0.717, 1.165) is 4.90 Å². The Hall–Kier alpha value is -4.30. The molecule has 1 aromatic rings. The Morgan fingerprint density at radius 3 is 2.51 bits per heavy atom. The van der Waals surface area contributed by atoms with Crippen molar-refractivity contribution in [2.75, 3.05) is 44.8 Å². The van der Waals surface area contributed by atoms with E-state index in [4.69, 9.17) is 15.2 Å². The molecule has 3 rings (SSSR count). The van der Waals surface area contributed by atoms with E-state index in [1.807, 2.05) is 6.92 Å². The fraction of sp³-hybridized carbons (Fsp3) is 0.481. The van der Waals surface area contributed by atoms with E-state index in [-0.39, 0.29) is 81.6 Å². The molecular formula is C27H36N6O8. The van der Waals surface area contributed by atoms with Crippen molar-refractivity contribution in [2.45, 2.75) is 45.1 Å². The number of ether oxygens (including phenoxy) is 2. The Kier molecular flexibility index (Phi) is 11.8. The molecule has 14 heteroatoms. The molecule has 1 atom stereocenters. The first-order chi connectivity index (χ1) is 19.7. The molecule has 6 N–H and O–H groups in total. The molecule has 1 aromatic carbocycles. The zero-order valence-corrected chi connectivity index (χ0v) is 23.0. The largest absolute Gasteiger partial charge is 0.385 e. The highest BCUT2D eigenvalue weighted by Crippen LogP contribution is 2.32. The maximum absolute atomic E-state index is 13.1. The van der Waals surface area contributed by atoms with Crippen LogP contribution in [0.15, 0.2) is 30.1 Å². The van der Waals surface area contributed by atoms with Crippen LogP contribution in [0.4, 0.5) is 5.69 Å². The van der Waals surface area contributed by atoms with Crippen molar-refractivity contribution in [1.82, 2.24) is 20.9 Å². The second-order valence-electron chi connectivity index (χ2n) is 9.29. The number of carbonyl (C=O) groups is 6. The number of nitrogens with zero attached hydrogens (tertiary/aromatic N) is 1. The first-order valence-corrected chi connectivity index (χ1v) is 13.5. The van der Waals surface area contributed by atoms with Crippen LogP contribution in [0.2, 0.25) is 0 Å². The molecular weight excluding hydrogens is 536 g/mol. The standard InChI is InChI=1S/C27H36N6O8/c1-2-4-20(28)31-23(36)9-11-30-21(34)10-13-40-15-16-41-14-12-29-18-6-3-5-17-24(18)27(39)33(26(17)38)19-7-8-22(35)32-25(19)37/h3-6,19,29H,2,7-16,28H2,1H3,(H,30,34)(H,31,36)(H,32,35,37)/b20-4+. The normalized spacial score (nSPS) is 16.9. The minimum atomic E-state index is -1.03. The zero-order chi connectivity index (χ0) is 29.8. The molecule has 2 aliphatic rings. The second-order valence-corrected chi connectivity index (χ2v) is 9.29. The summed E-state index contributed by atoms with van der Waals surface area (Å²) in [6.07, 6.45) is 2.79. The molecule has 1 unspecified atom stereocenters. The number of nitrogens with one attached hydrogen (secondary N) is 4. The number of nitrogens with two attached hydrogens (primary N) is 1. The monoisotopic (exact) mass is 572 g/mol. The number of amides is 6. The van der Waals surface area contributed by atoms with Crippen LogP contribution in [-0.2, 0) is 28.7 Å². The summed E-state index contributed by atoms with van der Waals surface area (Å²) in [5.74, 6) is -2.46. The second kappa shape index (κ2) is 15.5. The Morgan fingerprint density at radius 1 is 1.02 bits per heavy atom. The van der Waals surface area contributed by atoms with Gasteiger partial charge in [-0.2, -0.15) is 0 Å².